The van der Waals surface area contributed by atoms with Gasteiger partial charge < -0.3 is 4.74 Å². The summed E-state index contributed by atoms with van der Waals surface area (Å²) in [5, 5.41) is 6.28. The Morgan fingerprint density at radius 1 is 1.26 bits per heavy atom. The normalized spacial score (nSPS) is 12.1. The number of hydrogen-bond acceptors (Lipinski definition) is 6. The lowest BCUT2D eigenvalue weighted by atomic mass is 10.2. The number of rotatable bonds is 3. The molecule has 1 aromatic carbocycles. The first-order valence-electron chi connectivity index (χ1n) is 6.84. The molecule has 23 heavy (non-hydrogen) atoms. The molecule has 4 rings (SSSR count). The maximum Gasteiger partial charge on any atom is 0.291 e. The summed E-state index contributed by atoms with van der Waals surface area (Å²) in [6.45, 7) is 0. The summed E-state index contributed by atoms with van der Waals surface area (Å²) in [6, 6.07) is 11.4. The zero-order valence-electron chi connectivity index (χ0n) is 12.1. The molecule has 0 amide bonds. The third-order valence-electron chi connectivity index (χ3n) is 3.31. The Bertz CT molecular complexity index is 1080. The summed E-state index contributed by atoms with van der Waals surface area (Å²) in [7, 11) is 1.62. The van der Waals surface area contributed by atoms with Crippen LogP contribution in [0.15, 0.2) is 46.6 Å². The first-order valence-corrected chi connectivity index (χ1v) is 8.53. The Morgan fingerprint density at radius 2 is 2.17 bits per heavy atom. The highest BCUT2D eigenvalue weighted by molar-refractivity contribution is 7.15. The molecule has 0 unspecified atom stereocenters. The summed E-state index contributed by atoms with van der Waals surface area (Å²) < 4.78 is 7.17. The first kappa shape index (κ1) is 14.1. The Hall–Kier alpha value is -2.51. The van der Waals surface area contributed by atoms with Gasteiger partial charge in [-0.1, -0.05) is 29.5 Å². The van der Waals surface area contributed by atoms with E-state index in [4.69, 9.17) is 4.74 Å². The van der Waals surface area contributed by atoms with E-state index in [0.717, 1.165) is 16.2 Å². The van der Waals surface area contributed by atoms with Gasteiger partial charge in [-0.3, -0.25) is 4.79 Å². The van der Waals surface area contributed by atoms with Crippen LogP contribution >= 0.6 is 22.7 Å². The molecule has 0 spiro atoms. The second kappa shape index (κ2) is 5.60. The first-order chi connectivity index (χ1) is 11.2. The topological polar surface area (TPSA) is 56.5 Å². The minimum Gasteiger partial charge on any atom is -0.497 e. The fraction of sp³-hybridized carbons (Fsp3) is 0.0625. The molecule has 0 saturated heterocycles. The monoisotopic (exact) mass is 341 g/mol. The molecule has 0 aliphatic heterocycles. The van der Waals surface area contributed by atoms with E-state index in [1.165, 1.54) is 15.9 Å². The maximum absolute atomic E-state index is 12.5. The number of fused-ring (bicyclic) bond motifs is 1. The van der Waals surface area contributed by atoms with E-state index in [2.05, 4.69) is 10.1 Å². The van der Waals surface area contributed by atoms with Gasteiger partial charge in [0.25, 0.3) is 5.56 Å². The van der Waals surface area contributed by atoms with Crippen molar-refractivity contribution in [2.45, 2.75) is 0 Å². The molecule has 0 saturated carbocycles. The van der Waals surface area contributed by atoms with Crippen LogP contribution < -0.4 is 14.8 Å². The van der Waals surface area contributed by atoms with Crippen molar-refractivity contribution in [2.24, 2.45) is 0 Å². The predicted molar refractivity (Wildman–Crippen MR) is 92.2 cm³/mol. The fourth-order valence-corrected chi connectivity index (χ4v) is 3.79. The Labute approximate surface area is 139 Å². The van der Waals surface area contributed by atoms with Crippen LogP contribution in [0.5, 0.6) is 5.75 Å². The van der Waals surface area contributed by atoms with Crippen LogP contribution in [-0.4, -0.2) is 21.7 Å². The van der Waals surface area contributed by atoms with Gasteiger partial charge in [0.05, 0.1) is 16.5 Å². The van der Waals surface area contributed by atoms with Crippen molar-refractivity contribution < 1.29 is 4.74 Å². The number of hydrogen-bond donors (Lipinski definition) is 0. The molecule has 0 fully saturated rings. The predicted octanol–water partition coefficient (Wildman–Crippen LogP) is 2.44. The summed E-state index contributed by atoms with van der Waals surface area (Å²) >= 11 is 2.89. The van der Waals surface area contributed by atoms with Gasteiger partial charge in [-0.05, 0) is 35.2 Å². The number of ether oxygens (including phenoxy) is 1. The maximum atomic E-state index is 12.5. The van der Waals surface area contributed by atoms with Crippen molar-refractivity contribution in [3.8, 4) is 16.5 Å². The van der Waals surface area contributed by atoms with Crippen LogP contribution in [0.2, 0.25) is 0 Å². The van der Waals surface area contributed by atoms with Gasteiger partial charge in [0, 0.05) is 0 Å². The van der Waals surface area contributed by atoms with Gasteiger partial charge >= 0.3 is 0 Å². The number of nitrogens with zero attached hydrogens (tertiary/aromatic N) is 3. The quantitative estimate of drug-likeness (QED) is 0.574. The van der Waals surface area contributed by atoms with Crippen molar-refractivity contribution in [3.63, 3.8) is 0 Å². The van der Waals surface area contributed by atoms with Gasteiger partial charge in [0.2, 0.25) is 4.96 Å². The van der Waals surface area contributed by atoms with Crippen LogP contribution in [0, 0.1) is 0 Å². The lowest BCUT2D eigenvalue weighted by molar-refractivity contribution is 0.414. The molecule has 0 radical (unpaired) electrons. The molecule has 0 N–H and O–H groups in total. The lowest BCUT2D eigenvalue weighted by Crippen LogP contribution is -2.23. The molecular weight excluding hydrogens is 330 g/mol. The Morgan fingerprint density at radius 3 is 2.91 bits per heavy atom. The zero-order chi connectivity index (χ0) is 15.8. The van der Waals surface area contributed by atoms with Gasteiger partial charge in [-0.25, -0.2) is 0 Å². The molecule has 4 aromatic rings. The molecule has 3 heterocycles. The molecule has 114 valence electrons. The van der Waals surface area contributed by atoms with E-state index in [9.17, 15) is 4.79 Å². The Kier molecular flexibility index (Phi) is 3.44. The minimum absolute atomic E-state index is 0.150. The molecule has 5 nitrogen and oxygen atoms in total. The van der Waals surface area contributed by atoms with E-state index in [1.807, 2.05) is 47.9 Å². The largest absolute Gasteiger partial charge is 0.497 e. The van der Waals surface area contributed by atoms with E-state index < -0.39 is 0 Å². The second-order valence-electron chi connectivity index (χ2n) is 4.80. The SMILES string of the molecule is COc1cccc(C=c2sc3nc(-c4cccs4)nn3c2=O)c1. The number of methoxy groups -OCH3 is 1. The average Bonchev–Trinajstić information content (AvgIpc) is 3.27. The van der Waals surface area contributed by atoms with Crippen molar-refractivity contribution in [2.75, 3.05) is 7.11 Å². The van der Waals surface area contributed by atoms with Crippen LogP contribution in [0.25, 0.3) is 21.7 Å². The molecule has 0 atom stereocenters. The van der Waals surface area contributed by atoms with Crippen molar-refractivity contribution in [3.05, 3.63) is 62.2 Å². The number of thiazole rings is 1. The second-order valence-corrected chi connectivity index (χ2v) is 6.76. The summed E-state index contributed by atoms with van der Waals surface area (Å²) in [5.41, 5.74) is 0.757. The van der Waals surface area contributed by atoms with E-state index >= 15 is 0 Å². The van der Waals surface area contributed by atoms with Gasteiger partial charge in [0.1, 0.15) is 5.75 Å². The molecule has 0 aliphatic carbocycles. The van der Waals surface area contributed by atoms with E-state index in [-0.39, 0.29) is 5.56 Å². The average molecular weight is 341 g/mol. The van der Waals surface area contributed by atoms with Crippen LogP contribution in [0.1, 0.15) is 5.56 Å². The number of benzene rings is 1. The molecule has 0 bridgehead atoms. The standard InChI is InChI=1S/C16H11N3O2S2/c1-21-11-5-2-4-10(8-11)9-13-15(20)19-16(23-13)17-14(18-19)12-6-3-7-22-12/h2-9H,1H3. The van der Waals surface area contributed by atoms with Gasteiger partial charge in [-0.15, -0.1) is 16.4 Å². The minimum atomic E-state index is -0.150. The third kappa shape index (κ3) is 2.54. The van der Waals surface area contributed by atoms with Crippen LogP contribution in [0.4, 0.5) is 0 Å². The van der Waals surface area contributed by atoms with Crippen LogP contribution in [-0.2, 0) is 0 Å². The molecular formula is C16H11N3O2S2. The fourth-order valence-electron chi connectivity index (χ4n) is 2.23. The van der Waals surface area contributed by atoms with Crippen LogP contribution in [0.3, 0.4) is 0 Å². The van der Waals surface area contributed by atoms with Crippen molar-refractivity contribution in [1.29, 1.82) is 0 Å². The van der Waals surface area contributed by atoms with Crippen molar-refractivity contribution in [1.82, 2.24) is 14.6 Å². The van der Waals surface area contributed by atoms with E-state index in [0.29, 0.717) is 15.3 Å². The highest BCUT2D eigenvalue weighted by Gasteiger charge is 2.12. The summed E-state index contributed by atoms with van der Waals surface area (Å²) in [5.74, 6) is 1.35. The molecule has 3 aromatic heterocycles. The smallest absolute Gasteiger partial charge is 0.291 e. The van der Waals surface area contributed by atoms with Crippen molar-refractivity contribution >= 4 is 33.7 Å². The number of aromatic nitrogens is 3. The highest BCUT2D eigenvalue weighted by atomic mass is 32.1. The number of thiophene rings is 1. The molecule has 7 heteroatoms. The Balaban J connectivity index is 1.82. The summed E-state index contributed by atoms with van der Waals surface area (Å²) in [6.07, 6.45) is 1.83. The summed E-state index contributed by atoms with van der Waals surface area (Å²) in [4.78, 5) is 18.5. The molecule has 0 aliphatic rings. The zero-order valence-corrected chi connectivity index (χ0v) is 13.7. The van der Waals surface area contributed by atoms with E-state index in [1.54, 1.807) is 18.4 Å². The lowest BCUT2D eigenvalue weighted by Gasteiger charge is -1.99. The highest BCUT2D eigenvalue weighted by Crippen LogP contribution is 2.21. The van der Waals surface area contributed by atoms with Gasteiger partial charge in [0.15, 0.2) is 5.82 Å². The van der Waals surface area contributed by atoms with Gasteiger partial charge in [-0.2, -0.15) is 9.50 Å². The third-order valence-corrected chi connectivity index (χ3v) is 5.14.